The van der Waals surface area contributed by atoms with E-state index in [-0.39, 0.29) is 12.1 Å². The number of aliphatic hydroxyl groups is 1. The second-order valence-electron chi connectivity index (χ2n) is 6.93. The molecule has 0 bridgehead atoms. The van der Waals surface area contributed by atoms with Gasteiger partial charge in [-0.1, -0.05) is 12.1 Å². The lowest BCUT2D eigenvalue weighted by Crippen LogP contribution is -2.53. The molecule has 2 atom stereocenters. The van der Waals surface area contributed by atoms with Gasteiger partial charge in [0.1, 0.15) is 5.75 Å². The summed E-state index contributed by atoms with van der Waals surface area (Å²) in [5.74, 6) is 0.337. The first-order valence-corrected chi connectivity index (χ1v) is 8.79. The highest BCUT2D eigenvalue weighted by atomic mass is 16.3. The molecule has 0 spiro atoms. The highest BCUT2D eigenvalue weighted by Gasteiger charge is 2.30. The van der Waals surface area contributed by atoms with E-state index < -0.39 is 0 Å². The van der Waals surface area contributed by atoms with Gasteiger partial charge in [-0.05, 0) is 37.5 Å². The van der Waals surface area contributed by atoms with E-state index in [1.165, 1.54) is 5.56 Å². The summed E-state index contributed by atoms with van der Waals surface area (Å²) in [6.07, 6.45) is 1.59. The third kappa shape index (κ3) is 4.23. The minimum Gasteiger partial charge on any atom is -0.508 e. The Labute approximate surface area is 138 Å². The average molecular weight is 319 g/mol. The van der Waals surface area contributed by atoms with E-state index in [0.29, 0.717) is 11.8 Å². The van der Waals surface area contributed by atoms with Crippen molar-refractivity contribution >= 4 is 0 Å². The minimum atomic E-state index is -0.136. The Morgan fingerprint density at radius 1 is 1.26 bits per heavy atom. The summed E-state index contributed by atoms with van der Waals surface area (Å²) in [5.41, 5.74) is 1.19. The van der Waals surface area contributed by atoms with Crippen molar-refractivity contribution in [1.82, 2.24) is 15.1 Å². The Morgan fingerprint density at radius 3 is 2.74 bits per heavy atom. The summed E-state index contributed by atoms with van der Waals surface area (Å²) in [6, 6.07) is 8.46. The fourth-order valence-corrected chi connectivity index (χ4v) is 3.80. The summed E-state index contributed by atoms with van der Waals surface area (Å²) in [6.45, 7) is 8.18. The van der Waals surface area contributed by atoms with Crippen LogP contribution in [0, 0.1) is 0 Å². The van der Waals surface area contributed by atoms with Crippen molar-refractivity contribution in [2.75, 3.05) is 39.3 Å². The molecular formula is C18H29N3O2. The van der Waals surface area contributed by atoms with Crippen molar-refractivity contribution in [2.24, 2.45) is 0 Å². The topological polar surface area (TPSA) is 59.0 Å². The van der Waals surface area contributed by atoms with Crippen molar-refractivity contribution in [1.29, 1.82) is 0 Å². The molecular weight excluding hydrogens is 290 g/mol. The summed E-state index contributed by atoms with van der Waals surface area (Å²) < 4.78 is 0. The van der Waals surface area contributed by atoms with Gasteiger partial charge in [-0.2, -0.15) is 0 Å². The van der Waals surface area contributed by atoms with Gasteiger partial charge >= 0.3 is 0 Å². The van der Waals surface area contributed by atoms with Crippen LogP contribution in [0.4, 0.5) is 0 Å². The molecule has 2 aliphatic heterocycles. The molecule has 0 amide bonds. The van der Waals surface area contributed by atoms with Gasteiger partial charge in [0, 0.05) is 51.4 Å². The van der Waals surface area contributed by atoms with Crippen LogP contribution in [-0.4, -0.2) is 71.4 Å². The van der Waals surface area contributed by atoms with E-state index in [0.717, 1.165) is 52.1 Å². The fourth-order valence-electron chi connectivity index (χ4n) is 3.80. The standard InChI is InChI=1S/C18H29N3O2/c1-14-12-19-7-10-21(14)18(15-3-2-4-17(23)11-15)13-20-8-5-16(22)6-9-20/h2-4,11,14,16,18-19,22-23H,5-10,12-13H2,1H3. The molecule has 2 unspecified atom stereocenters. The monoisotopic (exact) mass is 319 g/mol. The van der Waals surface area contributed by atoms with Crippen LogP contribution in [0.1, 0.15) is 31.4 Å². The molecule has 0 aromatic heterocycles. The molecule has 0 aliphatic carbocycles. The Bertz CT molecular complexity index is 503. The largest absolute Gasteiger partial charge is 0.508 e. The lowest BCUT2D eigenvalue weighted by molar-refractivity contribution is 0.0460. The zero-order chi connectivity index (χ0) is 16.2. The third-order valence-electron chi connectivity index (χ3n) is 5.20. The van der Waals surface area contributed by atoms with Crippen LogP contribution >= 0.6 is 0 Å². The predicted octanol–water partition coefficient (Wildman–Crippen LogP) is 1.18. The molecule has 1 aromatic rings. The fraction of sp³-hybridized carbons (Fsp3) is 0.667. The molecule has 3 N–H and O–H groups in total. The highest BCUT2D eigenvalue weighted by Crippen LogP contribution is 2.28. The molecule has 0 saturated carbocycles. The Kier molecular flexibility index (Phi) is 5.54. The maximum absolute atomic E-state index is 9.89. The predicted molar refractivity (Wildman–Crippen MR) is 91.6 cm³/mol. The van der Waals surface area contributed by atoms with Crippen molar-refractivity contribution in [3.8, 4) is 5.75 Å². The summed E-state index contributed by atoms with van der Waals surface area (Å²) in [5, 5.41) is 23.1. The first-order valence-electron chi connectivity index (χ1n) is 8.79. The summed E-state index contributed by atoms with van der Waals surface area (Å²) in [7, 11) is 0. The van der Waals surface area contributed by atoms with Crippen LogP contribution in [0.3, 0.4) is 0 Å². The third-order valence-corrected chi connectivity index (χ3v) is 5.20. The van der Waals surface area contributed by atoms with Gasteiger partial charge in [-0.3, -0.25) is 4.90 Å². The van der Waals surface area contributed by atoms with Crippen LogP contribution in [0.5, 0.6) is 5.75 Å². The number of phenols is 1. The van der Waals surface area contributed by atoms with Crippen molar-refractivity contribution in [2.45, 2.75) is 38.0 Å². The number of piperidine rings is 1. The van der Waals surface area contributed by atoms with Gasteiger partial charge in [0.05, 0.1) is 6.10 Å². The Hall–Kier alpha value is -1.14. The number of nitrogens with zero attached hydrogens (tertiary/aromatic N) is 2. The number of aliphatic hydroxyl groups excluding tert-OH is 1. The zero-order valence-corrected chi connectivity index (χ0v) is 14.0. The lowest BCUT2D eigenvalue weighted by Gasteiger charge is -2.43. The van der Waals surface area contributed by atoms with E-state index in [1.807, 2.05) is 12.1 Å². The number of likely N-dealkylation sites (tertiary alicyclic amines) is 1. The van der Waals surface area contributed by atoms with Gasteiger partial charge in [0.2, 0.25) is 0 Å². The minimum absolute atomic E-state index is 0.136. The number of nitrogens with one attached hydrogen (secondary N) is 1. The smallest absolute Gasteiger partial charge is 0.115 e. The first kappa shape index (κ1) is 16.7. The number of hydrogen-bond acceptors (Lipinski definition) is 5. The highest BCUT2D eigenvalue weighted by molar-refractivity contribution is 5.30. The number of rotatable bonds is 4. The van der Waals surface area contributed by atoms with E-state index in [1.54, 1.807) is 6.07 Å². The average Bonchev–Trinajstić information content (AvgIpc) is 2.55. The number of benzene rings is 1. The first-order chi connectivity index (χ1) is 11.1. The molecule has 23 heavy (non-hydrogen) atoms. The maximum atomic E-state index is 9.89. The second kappa shape index (κ2) is 7.62. The Balaban J connectivity index is 1.78. The lowest BCUT2D eigenvalue weighted by atomic mass is 9.99. The van der Waals surface area contributed by atoms with Crippen molar-refractivity contribution in [3.63, 3.8) is 0 Å². The van der Waals surface area contributed by atoms with Crippen molar-refractivity contribution in [3.05, 3.63) is 29.8 Å². The van der Waals surface area contributed by atoms with Crippen LogP contribution in [0.2, 0.25) is 0 Å². The van der Waals surface area contributed by atoms with E-state index in [2.05, 4.69) is 28.1 Å². The van der Waals surface area contributed by atoms with Gasteiger partial charge in [0.25, 0.3) is 0 Å². The zero-order valence-electron chi connectivity index (χ0n) is 14.0. The molecule has 2 saturated heterocycles. The second-order valence-corrected chi connectivity index (χ2v) is 6.93. The van der Waals surface area contributed by atoms with Crippen LogP contribution in [0.15, 0.2) is 24.3 Å². The van der Waals surface area contributed by atoms with Crippen LogP contribution in [0.25, 0.3) is 0 Å². The van der Waals surface area contributed by atoms with Crippen LogP contribution in [-0.2, 0) is 0 Å². The van der Waals surface area contributed by atoms with Gasteiger partial charge in [-0.15, -0.1) is 0 Å². The molecule has 2 fully saturated rings. The van der Waals surface area contributed by atoms with E-state index in [9.17, 15) is 10.2 Å². The number of hydrogen-bond donors (Lipinski definition) is 3. The van der Waals surface area contributed by atoms with Crippen molar-refractivity contribution < 1.29 is 10.2 Å². The number of piperazine rings is 1. The van der Waals surface area contributed by atoms with E-state index >= 15 is 0 Å². The molecule has 5 heteroatoms. The Morgan fingerprint density at radius 2 is 2.04 bits per heavy atom. The van der Waals surface area contributed by atoms with Gasteiger partial charge in [-0.25, -0.2) is 0 Å². The molecule has 2 heterocycles. The van der Waals surface area contributed by atoms with Crippen LogP contribution < -0.4 is 5.32 Å². The molecule has 3 rings (SSSR count). The maximum Gasteiger partial charge on any atom is 0.115 e. The summed E-state index contributed by atoms with van der Waals surface area (Å²) >= 11 is 0. The van der Waals surface area contributed by atoms with Gasteiger partial charge < -0.3 is 20.4 Å². The quantitative estimate of drug-likeness (QED) is 0.778. The summed E-state index contributed by atoms with van der Waals surface area (Å²) in [4.78, 5) is 5.01. The molecule has 128 valence electrons. The number of phenolic OH excluding ortho intramolecular Hbond substituents is 1. The normalized spacial score (nSPS) is 26.3. The molecule has 0 radical (unpaired) electrons. The number of aromatic hydroxyl groups is 1. The van der Waals surface area contributed by atoms with Gasteiger partial charge in [0.15, 0.2) is 0 Å². The molecule has 5 nitrogen and oxygen atoms in total. The van der Waals surface area contributed by atoms with E-state index in [4.69, 9.17) is 0 Å². The SMILES string of the molecule is CC1CNCCN1C(CN1CCC(O)CC1)c1cccc(O)c1. The molecule has 2 aliphatic rings. The molecule has 1 aromatic carbocycles.